The number of halogens is 1. The third-order valence-electron chi connectivity index (χ3n) is 6.21. The normalized spacial score (nSPS) is 19.2. The number of pyridine rings is 1. The van der Waals surface area contributed by atoms with Crippen LogP contribution in [0.1, 0.15) is 28.8 Å². The molecule has 3 heterocycles. The molecule has 31 heavy (non-hydrogen) atoms. The van der Waals surface area contributed by atoms with Gasteiger partial charge >= 0.3 is 0 Å². The third-order valence-corrected chi connectivity index (χ3v) is 6.44. The van der Waals surface area contributed by atoms with Gasteiger partial charge in [-0.3, -0.25) is 14.5 Å². The average Bonchev–Trinajstić information content (AvgIpc) is 3.60. The Morgan fingerprint density at radius 3 is 2.71 bits per heavy atom. The van der Waals surface area contributed by atoms with Crippen LogP contribution in [0, 0.1) is 5.92 Å². The number of carbonyl (C=O) groups excluding carboxylic acids is 2. The number of nitrogens with one attached hydrogen (secondary N) is 1. The van der Waals surface area contributed by atoms with Gasteiger partial charge in [-0.25, -0.2) is 4.98 Å². The van der Waals surface area contributed by atoms with Crippen molar-refractivity contribution in [2.24, 2.45) is 5.92 Å². The summed E-state index contributed by atoms with van der Waals surface area (Å²) in [6.07, 6.45) is 3.95. The number of benzene rings is 1. The van der Waals surface area contributed by atoms with Crippen molar-refractivity contribution in [2.45, 2.75) is 19.4 Å². The van der Waals surface area contributed by atoms with Crippen molar-refractivity contribution in [3.8, 4) is 0 Å². The maximum atomic E-state index is 13.1. The quantitative estimate of drug-likeness (QED) is 0.775. The number of piperazine rings is 1. The van der Waals surface area contributed by atoms with Gasteiger partial charge in [0.2, 0.25) is 5.91 Å². The number of nitrogens with zero attached hydrogens (tertiary/aromatic N) is 4. The fourth-order valence-corrected chi connectivity index (χ4v) is 4.46. The zero-order valence-electron chi connectivity index (χ0n) is 17.4. The molecule has 8 heteroatoms. The molecule has 0 spiro atoms. The summed E-state index contributed by atoms with van der Waals surface area (Å²) in [7, 11) is 0. The van der Waals surface area contributed by atoms with E-state index in [2.05, 4.69) is 21.3 Å². The zero-order chi connectivity index (χ0) is 21.4. The second kappa shape index (κ2) is 8.48. The van der Waals surface area contributed by atoms with Gasteiger partial charge in [0, 0.05) is 50.5 Å². The van der Waals surface area contributed by atoms with E-state index in [0.29, 0.717) is 30.4 Å². The molecule has 7 nitrogen and oxygen atoms in total. The summed E-state index contributed by atoms with van der Waals surface area (Å²) in [6.45, 7) is 4.75. The van der Waals surface area contributed by atoms with E-state index in [0.717, 1.165) is 49.7 Å². The van der Waals surface area contributed by atoms with Gasteiger partial charge in [-0.1, -0.05) is 23.7 Å². The van der Waals surface area contributed by atoms with E-state index in [1.807, 2.05) is 29.2 Å². The highest BCUT2D eigenvalue weighted by atomic mass is 35.5. The van der Waals surface area contributed by atoms with E-state index in [1.54, 1.807) is 11.1 Å². The summed E-state index contributed by atoms with van der Waals surface area (Å²) in [5.41, 5.74) is 2.45. The average molecular weight is 440 g/mol. The lowest BCUT2D eigenvalue weighted by atomic mass is 10.1. The second-order valence-electron chi connectivity index (χ2n) is 8.59. The smallest absolute Gasteiger partial charge is 0.255 e. The number of hydrogen-bond donors (Lipinski definition) is 1. The Morgan fingerprint density at radius 1 is 1.16 bits per heavy atom. The Morgan fingerprint density at radius 2 is 1.97 bits per heavy atom. The molecule has 2 fully saturated rings. The van der Waals surface area contributed by atoms with Gasteiger partial charge in [-0.15, -0.1) is 0 Å². The number of aromatic nitrogens is 1. The molecule has 2 aliphatic heterocycles. The topological polar surface area (TPSA) is 68.8 Å². The predicted molar refractivity (Wildman–Crippen MR) is 120 cm³/mol. The summed E-state index contributed by atoms with van der Waals surface area (Å²) < 4.78 is 0. The van der Waals surface area contributed by atoms with Gasteiger partial charge in [0.05, 0.1) is 17.8 Å². The Bertz CT molecular complexity index is 1000. The first kappa shape index (κ1) is 20.3. The standard InChI is InChI=1S/C23H26ClN5O2/c24-19-3-1-2-17(10-19)14-27-6-8-28(9-7-27)23(31)18-11-20-22(25-12-18)26-13-21(30)29(20)15-16-4-5-16/h1-3,10-12,16H,4-9,13-15H2,(H,25,26). The lowest BCUT2D eigenvalue weighted by Crippen LogP contribution is -2.48. The maximum absolute atomic E-state index is 13.1. The van der Waals surface area contributed by atoms with E-state index in [1.165, 1.54) is 5.56 Å². The molecule has 2 amide bonds. The molecule has 1 saturated carbocycles. The summed E-state index contributed by atoms with van der Waals surface area (Å²) in [5.74, 6) is 1.27. The van der Waals surface area contributed by atoms with E-state index in [4.69, 9.17) is 11.6 Å². The van der Waals surface area contributed by atoms with Gasteiger partial charge in [0.15, 0.2) is 0 Å². The number of amides is 2. The van der Waals surface area contributed by atoms with Crippen LogP contribution in [0.5, 0.6) is 0 Å². The molecule has 5 rings (SSSR count). The van der Waals surface area contributed by atoms with Crippen LogP contribution in [-0.2, 0) is 11.3 Å². The zero-order valence-corrected chi connectivity index (χ0v) is 18.1. The third kappa shape index (κ3) is 4.52. The predicted octanol–water partition coefficient (Wildman–Crippen LogP) is 2.86. The van der Waals surface area contributed by atoms with Crippen LogP contribution in [-0.4, -0.2) is 65.9 Å². The Labute approximate surface area is 187 Å². The van der Waals surface area contributed by atoms with E-state index < -0.39 is 0 Å². The van der Waals surface area contributed by atoms with Crippen LogP contribution < -0.4 is 10.2 Å². The first-order valence-corrected chi connectivity index (χ1v) is 11.2. The van der Waals surface area contributed by atoms with E-state index >= 15 is 0 Å². The van der Waals surface area contributed by atoms with Crippen molar-refractivity contribution in [1.82, 2.24) is 14.8 Å². The molecule has 0 bridgehead atoms. The van der Waals surface area contributed by atoms with Crippen LogP contribution in [0.15, 0.2) is 36.5 Å². The van der Waals surface area contributed by atoms with Crippen molar-refractivity contribution < 1.29 is 9.59 Å². The van der Waals surface area contributed by atoms with Crippen molar-refractivity contribution in [3.63, 3.8) is 0 Å². The van der Waals surface area contributed by atoms with Crippen LogP contribution in [0.4, 0.5) is 11.5 Å². The molecule has 1 aromatic heterocycles. The van der Waals surface area contributed by atoms with Crippen LogP contribution >= 0.6 is 11.6 Å². The van der Waals surface area contributed by atoms with E-state index in [-0.39, 0.29) is 18.4 Å². The first-order chi connectivity index (χ1) is 15.1. The monoisotopic (exact) mass is 439 g/mol. The summed E-state index contributed by atoms with van der Waals surface area (Å²) in [4.78, 5) is 36.0. The van der Waals surface area contributed by atoms with Crippen molar-refractivity contribution >= 4 is 34.9 Å². The van der Waals surface area contributed by atoms with Crippen molar-refractivity contribution in [2.75, 3.05) is 49.5 Å². The lowest BCUT2D eigenvalue weighted by Gasteiger charge is -2.35. The minimum absolute atomic E-state index is 0.0258. The molecule has 162 valence electrons. The van der Waals surface area contributed by atoms with Gasteiger partial charge in [-0.05, 0) is 42.5 Å². The number of fused-ring (bicyclic) bond motifs is 1. The fraction of sp³-hybridized carbons (Fsp3) is 0.435. The van der Waals surface area contributed by atoms with Gasteiger partial charge < -0.3 is 15.1 Å². The largest absolute Gasteiger partial charge is 0.359 e. The van der Waals surface area contributed by atoms with E-state index in [9.17, 15) is 9.59 Å². The van der Waals surface area contributed by atoms with Crippen molar-refractivity contribution in [1.29, 1.82) is 0 Å². The lowest BCUT2D eigenvalue weighted by molar-refractivity contribution is -0.117. The molecular formula is C23H26ClN5O2. The number of rotatable bonds is 5. The van der Waals surface area contributed by atoms with Gasteiger partial charge in [-0.2, -0.15) is 0 Å². The number of carbonyl (C=O) groups is 2. The fourth-order valence-electron chi connectivity index (χ4n) is 4.25. The summed E-state index contributed by atoms with van der Waals surface area (Å²) in [6, 6.07) is 9.73. The van der Waals surface area contributed by atoms with Gasteiger partial charge in [0.25, 0.3) is 5.91 Å². The van der Waals surface area contributed by atoms with Crippen molar-refractivity contribution in [3.05, 3.63) is 52.7 Å². The molecule has 2 aromatic rings. The minimum Gasteiger partial charge on any atom is -0.359 e. The number of anilines is 2. The Balaban J connectivity index is 1.25. The highest BCUT2D eigenvalue weighted by Crippen LogP contribution is 2.35. The summed E-state index contributed by atoms with van der Waals surface area (Å²) >= 11 is 6.09. The minimum atomic E-state index is -0.0258. The molecule has 1 aliphatic carbocycles. The first-order valence-electron chi connectivity index (χ1n) is 10.9. The SMILES string of the molecule is O=C(c1cnc2c(c1)N(CC1CC1)C(=O)CN2)N1CCN(Cc2cccc(Cl)c2)CC1. The van der Waals surface area contributed by atoms with Crippen LogP contribution in [0.3, 0.4) is 0 Å². The van der Waals surface area contributed by atoms with Gasteiger partial charge in [0.1, 0.15) is 5.82 Å². The molecule has 0 unspecified atom stereocenters. The Kier molecular flexibility index (Phi) is 5.54. The molecule has 1 aromatic carbocycles. The number of hydrogen-bond acceptors (Lipinski definition) is 5. The second-order valence-corrected chi connectivity index (χ2v) is 9.03. The highest BCUT2D eigenvalue weighted by molar-refractivity contribution is 6.30. The molecule has 3 aliphatic rings. The Hall–Kier alpha value is -2.64. The molecular weight excluding hydrogens is 414 g/mol. The molecule has 1 N–H and O–H groups in total. The summed E-state index contributed by atoms with van der Waals surface area (Å²) in [5, 5.41) is 3.82. The molecule has 1 saturated heterocycles. The van der Waals surface area contributed by atoms with Crippen LogP contribution in [0.2, 0.25) is 5.02 Å². The molecule has 0 radical (unpaired) electrons. The highest BCUT2D eigenvalue weighted by Gasteiger charge is 2.32. The molecule has 0 atom stereocenters. The van der Waals surface area contributed by atoms with Crippen LogP contribution in [0.25, 0.3) is 0 Å². The maximum Gasteiger partial charge on any atom is 0.255 e.